The van der Waals surface area contributed by atoms with Gasteiger partial charge < -0.3 is 4.84 Å². The maximum atomic E-state index is 4.52. The van der Waals surface area contributed by atoms with Crippen LogP contribution < -0.4 is 0 Å². The van der Waals surface area contributed by atoms with Gasteiger partial charge in [0.15, 0.2) is 0 Å². The zero-order chi connectivity index (χ0) is 7.23. The summed E-state index contributed by atoms with van der Waals surface area (Å²) < 4.78 is 0. The van der Waals surface area contributed by atoms with Gasteiger partial charge in [-0.1, -0.05) is 11.2 Å². The van der Waals surface area contributed by atoms with E-state index >= 15 is 0 Å². The molecule has 1 rings (SSSR count). The first-order chi connectivity index (χ1) is 4.93. The van der Waals surface area contributed by atoms with Gasteiger partial charge in [-0.05, 0) is 31.3 Å². The second-order valence-corrected chi connectivity index (χ2v) is 2.36. The number of rotatable bonds is 2. The summed E-state index contributed by atoms with van der Waals surface area (Å²) >= 11 is 0. The van der Waals surface area contributed by atoms with Crippen LogP contribution in [0.4, 0.5) is 0 Å². The lowest BCUT2D eigenvalue weighted by molar-refractivity contribution is 0.215. The van der Waals surface area contributed by atoms with E-state index in [1.54, 1.807) is 0 Å². The first-order valence-corrected chi connectivity index (χ1v) is 3.61. The average Bonchev–Trinajstić information content (AvgIpc) is 2.03. The maximum Gasteiger partial charge on any atom is 0.134 e. The molecule has 0 aromatic rings. The summed E-state index contributed by atoms with van der Waals surface area (Å²) in [5.41, 5.74) is 1.19. The fourth-order valence-electron chi connectivity index (χ4n) is 1.04. The third-order valence-corrected chi connectivity index (χ3v) is 1.57. The molecule has 1 radical (unpaired) electrons. The van der Waals surface area contributed by atoms with Crippen molar-refractivity contribution in [1.82, 2.24) is 0 Å². The molecule has 0 saturated heterocycles. The van der Waals surface area contributed by atoms with Crippen LogP contribution in [0, 0.1) is 0 Å². The highest BCUT2D eigenvalue weighted by Gasteiger charge is 2.00. The summed E-state index contributed by atoms with van der Waals surface area (Å²) in [6, 6.07) is 0. The molecular weight excluding hydrogens is 126 g/mol. The Hall–Kier alpha value is -0.790. The van der Waals surface area contributed by atoms with Crippen LogP contribution >= 0.6 is 0 Å². The van der Waals surface area contributed by atoms with Crippen LogP contribution in [0.5, 0.6) is 0 Å². The second kappa shape index (κ2) is 4.09. The molecule has 55 valence electrons. The van der Waals surface area contributed by atoms with Crippen LogP contribution in [-0.4, -0.2) is 13.3 Å². The first-order valence-electron chi connectivity index (χ1n) is 3.61. The standard InChI is InChI=1S/C8H12NO/c1-10-9-7-8-5-3-2-4-6-8/h5H,2-4,6H2,1H3. The molecule has 0 amide bonds. The van der Waals surface area contributed by atoms with Crippen molar-refractivity contribution < 1.29 is 4.84 Å². The van der Waals surface area contributed by atoms with Gasteiger partial charge in [0.25, 0.3) is 0 Å². The van der Waals surface area contributed by atoms with Crippen LogP contribution in [0.3, 0.4) is 0 Å². The molecule has 2 heteroatoms. The Labute approximate surface area is 61.6 Å². The molecule has 0 atom stereocenters. The lowest BCUT2D eigenvalue weighted by Crippen LogP contribution is -1.92. The minimum atomic E-state index is 1.10. The molecule has 0 N–H and O–H groups in total. The molecule has 0 spiro atoms. The van der Waals surface area contributed by atoms with Gasteiger partial charge in [0.2, 0.25) is 0 Å². The molecule has 1 aliphatic carbocycles. The van der Waals surface area contributed by atoms with E-state index in [2.05, 4.69) is 22.3 Å². The van der Waals surface area contributed by atoms with E-state index < -0.39 is 0 Å². The molecule has 0 saturated carbocycles. The zero-order valence-corrected chi connectivity index (χ0v) is 6.26. The Kier molecular flexibility index (Phi) is 3.00. The third-order valence-electron chi connectivity index (χ3n) is 1.57. The lowest BCUT2D eigenvalue weighted by Gasteiger charge is -2.05. The Balaban J connectivity index is 2.38. The van der Waals surface area contributed by atoms with Crippen molar-refractivity contribution in [2.45, 2.75) is 25.7 Å². The van der Waals surface area contributed by atoms with Gasteiger partial charge in [-0.15, -0.1) is 0 Å². The molecule has 0 unspecified atom stereocenters. The van der Waals surface area contributed by atoms with Crippen LogP contribution in [0.2, 0.25) is 0 Å². The van der Waals surface area contributed by atoms with Crippen molar-refractivity contribution in [2.24, 2.45) is 5.16 Å². The molecule has 0 bridgehead atoms. The van der Waals surface area contributed by atoms with E-state index in [-0.39, 0.29) is 0 Å². The predicted octanol–water partition coefficient (Wildman–Crippen LogP) is 2.00. The first kappa shape index (κ1) is 7.32. The Bertz CT molecular complexity index is 149. The highest BCUT2D eigenvalue weighted by atomic mass is 16.6. The molecular formula is C8H12NO. The van der Waals surface area contributed by atoms with Gasteiger partial charge in [-0.2, -0.15) is 0 Å². The van der Waals surface area contributed by atoms with E-state index in [1.165, 1.54) is 31.9 Å². The van der Waals surface area contributed by atoms with E-state index in [1.807, 2.05) is 0 Å². The molecule has 2 nitrogen and oxygen atoms in total. The van der Waals surface area contributed by atoms with Crippen molar-refractivity contribution >= 4 is 6.21 Å². The summed E-state index contributed by atoms with van der Waals surface area (Å²) in [5, 5.41) is 3.58. The summed E-state index contributed by atoms with van der Waals surface area (Å²) in [6.45, 7) is 0. The summed E-state index contributed by atoms with van der Waals surface area (Å²) in [5.74, 6) is 0. The molecule has 1 aliphatic rings. The van der Waals surface area contributed by atoms with Crippen molar-refractivity contribution in [2.75, 3.05) is 7.11 Å². The van der Waals surface area contributed by atoms with Gasteiger partial charge in [0, 0.05) is 0 Å². The molecule has 10 heavy (non-hydrogen) atoms. The fourth-order valence-corrected chi connectivity index (χ4v) is 1.04. The van der Waals surface area contributed by atoms with Crippen molar-refractivity contribution in [3.63, 3.8) is 0 Å². The highest BCUT2D eigenvalue weighted by molar-refractivity contribution is 5.78. The number of nitrogens with zero attached hydrogens (tertiary/aromatic N) is 1. The zero-order valence-electron chi connectivity index (χ0n) is 6.26. The predicted molar refractivity (Wildman–Crippen MR) is 41.0 cm³/mol. The fraction of sp³-hybridized carbons (Fsp3) is 0.625. The van der Waals surface area contributed by atoms with Crippen molar-refractivity contribution in [3.05, 3.63) is 11.6 Å². The highest BCUT2D eigenvalue weighted by Crippen LogP contribution is 2.15. The summed E-state index contributed by atoms with van der Waals surface area (Å²) in [7, 11) is 1.54. The molecule has 0 aromatic carbocycles. The number of hydrogen-bond donors (Lipinski definition) is 0. The van der Waals surface area contributed by atoms with Gasteiger partial charge in [-0.3, -0.25) is 0 Å². The van der Waals surface area contributed by atoms with Crippen LogP contribution in [0.15, 0.2) is 16.8 Å². The average molecular weight is 138 g/mol. The number of hydrogen-bond acceptors (Lipinski definition) is 2. The van der Waals surface area contributed by atoms with Crippen LogP contribution in [-0.2, 0) is 4.84 Å². The molecule has 0 aliphatic heterocycles. The Morgan fingerprint density at radius 3 is 3.10 bits per heavy atom. The third kappa shape index (κ3) is 2.21. The summed E-state index contributed by atoms with van der Waals surface area (Å²) in [6.07, 6.45) is 9.85. The van der Waals surface area contributed by atoms with Crippen LogP contribution in [0.1, 0.15) is 25.7 Å². The van der Waals surface area contributed by atoms with Gasteiger partial charge in [-0.25, -0.2) is 0 Å². The minimum Gasteiger partial charge on any atom is -0.399 e. The number of allylic oxidation sites excluding steroid dienone is 2. The van der Waals surface area contributed by atoms with Gasteiger partial charge in [0.05, 0.1) is 0 Å². The minimum absolute atomic E-state index is 1.10. The van der Waals surface area contributed by atoms with E-state index in [9.17, 15) is 0 Å². The van der Waals surface area contributed by atoms with Crippen molar-refractivity contribution in [1.29, 1.82) is 0 Å². The Morgan fingerprint density at radius 1 is 1.60 bits per heavy atom. The normalized spacial score (nSPS) is 19.1. The molecule has 0 aromatic heterocycles. The van der Waals surface area contributed by atoms with E-state index in [0.29, 0.717) is 0 Å². The topological polar surface area (TPSA) is 21.6 Å². The molecule has 0 heterocycles. The lowest BCUT2D eigenvalue weighted by atomic mass is 10.0. The van der Waals surface area contributed by atoms with Gasteiger partial charge >= 0.3 is 0 Å². The smallest absolute Gasteiger partial charge is 0.134 e. The van der Waals surface area contributed by atoms with Crippen molar-refractivity contribution in [3.8, 4) is 0 Å². The SMILES string of the molecule is CO/N=[C]\C1=CCCCC1. The van der Waals surface area contributed by atoms with E-state index in [0.717, 1.165) is 6.42 Å². The quantitative estimate of drug-likeness (QED) is 0.422. The van der Waals surface area contributed by atoms with E-state index in [4.69, 9.17) is 0 Å². The summed E-state index contributed by atoms with van der Waals surface area (Å²) in [4.78, 5) is 4.52. The maximum absolute atomic E-state index is 4.52. The monoisotopic (exact) mass is 138 g/mol. The van der Waals surface area contributed by atoms with Crippen LogP contribution in [0.25, 0.3) is 0 Å². The molecule has 0 fully saturated rings. The van der Waals surface area contributed by atoms with Gasteiger partial charge in [0.1, 0.15) is 13.3 Å². The Morgan fingerprint density at radius 2 is 2.50 bits per heavy atom. The largest absolute Gasteiger partial charge is 0.399 e. The second-order valence-electron chi connectivity index (χ2n) is 2.36.